The average molecular weight is 254 g/mol. The number of methoxy groups -OCH3 is 1. The van der Waals surface area contributed by atoms with Crippen LogP contribution in [0.3, 0.4) is 0 Å². The molecule has 0 bridgehead atoms. The van der Waals surface area contributed by atoms with Crippen molar-refractivity contribution in [1.82, 2.24) is 4.90 Å². The van der Waals surface area contributed by atoms with Crippen LogP contribution in [0, 0.1) is 5.92 Å². The summed E-state index contributed by atoms with van der Waals surface area (Å²) in [5.74, 6) is 0.552. The van der Waals surface area contributed by atoms with E-state index in [4.69, 9.17) is 10.5 Å². The molecule has 2 N–H and O–H groups in total. The van der Waals surface area contributed by atoms with Crippen molar-refractivity contribution in [2.24, 2.45) is 11.7 Å². The predicted octanol–water partition coefficient (Wildman–Crippen LogP) is 1.53. The summed E-state index contributed by atoms with van der Waals surface area (Å²) in [5, 5.41) is 0. The van der Waals surface area contributed by atoms with Gasteiger partial charge in [0.05, 0.1) is 18.7 Å². The van der Waals surface area contributed by atoms with E-state index in [2.05, 4.69) is 0 Å². The Bertz CT molecular complexity index is 277. The molecule has 104 valence electrons. The highest BCUT2D eigenvalue weighted by Gasteiger charge is 2.35. The minimum Gasteiger partial charge on any atom is -0.383 e. The lowest BCUT2D eigenvalue weighted by Crippen LogP contribution is -2.50. The number of hydrogen-bond donors (Lipinski definition) is 1. The lowest BCUT2D eigenvalue weighted by Gasteiger charge is -2.32. The van der Waals surface area contributed by atoms with Crippen LogP contribution < -0.4 is 5.73 Å². The van der Waals surface area contributed by atoms with Crippen molar-refractivity contribution in [3.63, 3.8) is 0 Å². The third kappa shape index (κ3) is 3.04. The highest BCUT2D eigenvalue weighted by Crippen LogP contribution is 2.28. The van der Waals surface area contributed by atoms with Gasteiger partial charge in [-0.2, -0.15) is 0 Å². The Morgan fingerprint density at radius 3 is 2.67 bits per heavy atom. The number of rotatable bonds is 4. The summed E-state index contributed by atoms with van der Waals surface area (Å²) < 4.78 is 5.20. The standard InChI is InChI=1S/C14H26N2O2/c1-18-10-12-8-5-9-16(12)14(17)13(15)11-6-3-2-4-7-11/h11-13H,2-10,15H2,1H3/t12-,13?/m0/s1. The number of hydrogen-bond acceptors (Lipinski definition) is 3. The summed E-state index contributed by atoms with van der Waals surface area (Å²) in [5.41, 5.74) is 6.20. The molecule has 1 amide bonds. The van der Waals surface area contributed by atoms with Crippen LogP contribution in [-0.2, 0) is 9.53 Å². The Morgan fingerprint density at radius 2 is 2.00 bits per heavy atom. The third-order valence-electron chi connectivity index (χ3n) is 4.46. The van der Waals surface area contributed by atoms with Gasteiger partial charge in [0.2, 0.25) is 5.91 Å². The van der Waals surface area contributed by atoms with Gasteiger partial charge < -0.3 is 15.4 Å². The predicted molar refractivity (Wildman–Crippen MR) is 71.2 cm³/mol. The van der Waals surface area contributed by atoms with Crippen LogP contribution in [0.1, 0.15) is 44.9 Å². The van der Waals surface area contributed by atoms with E-state index in [1.54, 1.807) is 7.11 Å². The van der Waals surface area contributed by atoms with Gasteiger partial charge >= 0.3 is 0 Å². The number of amides is 1. The van der Waals surface area contributed by atoms with Crippen molar-refractivity contribution < 1.29 is 9.53 Å². The summed E-state index contributed by atoms with van der Waals surface area (Å²) in [6.07, 6.45) is 8.13. The monoisotopic (exact) mass is 254 g/mol. The molecule has 1 aliphatic heterocycles. The SMILES string of the molecule is COC[C@@H]1CCCN1C(=O)C(N)C1CCCCC1. The van der Waals surface area contributed by atoms with Crippen molar-refractivity contribution in [3.05, 3.63) is 0 Å². The van der Waals surface area contributed by atoms with E-state index >= 15 is 0 Å². The van der Waals surface area contributed by atoms with E-state index in [9.17, 15) is 4.79 Å². The molecule has 2 aliphatic rings. The van der Waals surface area contributed by atoms with Crippen molar-refractivity contribution >= 4 is 5.91 Å². The second kappa shape index (κ2) is 6.53. The van der Waals surface area contributed by atoms with E-state index in [0.717, 1.165) is 32.2 Å². The minimum absolute atomic E-state index is 0.154. The molecule has 2 atom stereocenters. The Morgan fingerprint density at radius 1 is 1.28 bits per heavy atom. The van der Waals surface area contributed by atoms with Gasteiger partial charge in [0, 0.05) is 13.7 Å². The number of carbonyl (C=O) groups is 1. The molecule has 2 fully saturated rings. The first-order valence-electron chi connectivity index (χ1n) is 7.29. The molecule has 1 heterocycles. The van der Waals surface area contributed by atoms with E-state index in [0.29, 0.717) is 12.5 Å². The first-order valence-corrected chi connectivity index (χ1v) is 7.29. The molecule has 18 heavy (non-hydrogen) atoms. The molecule has 1 aliphatic carbocycles. The molecule has 0 aromatic rings. The number of likely N-dealkylation sites (tertiary alicyclic amines) is 1. The summed E-state index contributed by atoms with van der Waals surface area (Å²) >= 11 is 0. The van der Waals surface area contributed by atoms with Gasteiger partial charge in [0.25, 0.3) is 0 Å². The Labute approximate surface area is 110 Å². The zero-order chi connectivity index (χ0) is 13.0. The highest BCUT2D eigenvalue weighted by atomic mass is 16.5. The fourth-order valence-corrected chi connectivity index (χ4v) is 3.38. The molecular weight excluding hydrogens is 228 g/mol. The molecule has 0 radical (unpaired) electrons. The minimum atomic E-state index is -0.289. The molecule has 2 rings (SSSR count). The molecule has 0 spiro atoms. The molecule has 4 nitrogen and oxygen atoms in total. The largest absolute Gasteiger partial charge is 0.383 e. The zero-order valence-corrected chi connectivity index (χ0v) is 11.4. The van der Waals surface area contributed by atoms with Gasteiger partial charge in [-0.1, -0.05) is 19.3 Å². The van der Waals surface area contributed by atoms with Crippen LogP contribution in [-0.4, -0.2) is 43.2 Å². The first kappa shape index (κ1) is 13.8. The van der Waals surface area contributed by atoms with Gasteiger partial charge in [0.1, 0.15) is 0 Å². The number of ether oxygens (including phenoxy) is 1. The van der Waals surface area contributed by atoms with Gasteiger partial charge in [-0.05, 0) is 31.6 Å². The summed E-state index contributed by atoms with van der Waals surface area (Å²) in [6.45, 7) is 1.50. The summed E-state index contributed by atoms with van der Waals surface area (Å²) in [6, 6.07) is -0.0418. The van der Waals surface area contributed by atoms with Crippen LogP contribution in [0.4, 0.5) is 0 Å². The first-order chi connectivity index (χ1) is 8.74. The van der Waals surface area contributed by atoms with Crippen molar-refractivity contribution in [2.75, 3.05) is 20.3 Å². The number of nitrogens with zero attached hydrogens (tertiary/aromatic N) is 1. The number of carbonyl (C=O) groups excluding carboxylic acids is 1. The third-order valence-corrected chi connectivity index (χ3v) is 4.46. The lowest BCUT2D eigenvalue weighted by atomic mass is 9.83. The Balaban J connectivity index is 1.92. The van der Waals surface area contributed by atoms with Crippen LogP contribution in [0.5, 0.6) is 0 Å². The summed E-state index contributed by atoms with van der Waals surface area (Å²) in [4.78, 5) is 14.4. The van der Waals surface area contributed by atoms with Gasteiger partial charge in [-0.25, -0.2) is 0 Å². The molecule has 1 saturated heterocycles. The van der Waals surface area contributed by atoms with Gasteiger partial charge in [-0.15, -0.1) is 0 Å². The van der Waals surface area contributed by atoms with Gasteiger partial charge in [-0.3, -0.25) is 4.79 Å². The maximum Gasteiger partial charge on any atom is 0.240 e. The fraction of sp³-hybridized carbons (Fsp3) is 0.929. The van der Waals surface area contributed by atoms with E-state index in [1.165, 1.54) is 19.3 Å². The van der Waals surface area contributed by atoms with Crippen molar-refractivity contribution in [3.8, 4) is 0 Å². The quantitative estimate of drug-likeness (QED) is 0.828. The Kier molecular flexibility index (Phi) is 5.01. The fourth-order valence-electron chi connectivity index (χ4n) is 3.38. The normalized spacial score (nSPS) is 27.4. The molecule has 1 unspecified atom stereocenters. The van der Waals surface area contributed by atoms with E-state index < -0.39 is 0 Å². The van der Waals surface area contributed by atoms with Crippen molar-refractivity contribution in [1.29, 1.82) is 0 Å². The second-order valence-corrected chi connectivity index (χ2v) is 5.71. The van der Waals surface area contributed by atoms with E-state index in [-0.39, 0.29) is 18.0 Å². The maximum atomic E-state index is 12.5. The molecule has 4 heteroatoms. The highest BCUT2D eigenvalue weighted by molar-refractivity contribution is 5.82. The number of nitrogens with two attached hydrogens (primary N) is 1. The van der Waals surface area contributed by atoms with Crippen LogP contribution in [0.25, 0.3) is 0 Å². The maximum absolute atomic E-state index is 12.5. The van der Waals surface area contributed by atoms with Crippen LogP contribution >= 0.6 is 0 Å². The topological polar surface area (TPSA) is 55.6 Å². The summed E-state index contributed by atoms with van der Waals surface area (Å²) in [7, 11) is 1.70. The van der Waals surface area contributed by atoms with Crippen LogP contribution in [0.2, 0.25) is 0 Å². The van der Waals surface area contributed by atoms with E-state index in [1.807, 2.05) is 4.90 Å². The van der Waals surface area contributed by atoms with Gasteiger partial charge in [0.15, 0.2) is 0 Å². The molecular formula is C14H26N2O2. The molecule has 0 aromatic carbocycles. The molecule has 0 aromatic heterocycles. The lowest BCUT2D eigenvalue weighted by molar-refractivity contribution is -0.135. The average Bonchev–Trinajstić information content (AvgIpc) is 2.87. The zero-order valence-electron chi connectivity index (χ0n) is 11.4. The van der Waals surface area contributed by atoms with Crippen LogP contribution in [0.15, 0.2) is 0 Å². The Hall–Kier alpha value is -0.610. The second-order valence-electron chi connectivity index (χ2n) is 5.71. The molecule has 1 saturated carbocycles. The van der Waals surface area contributed by atoms with Crippen molar-refractivity contribution in [2.45, 2.75) is 57.0 Å². The smallest absolute Gasteiger partial charge is 0.240 e.